The van der Waals surface area contributed by atoms with Crippen LogP contribution in [0.5, 0.6) is 0 Å². The van der Waals surface area contributed by atoms with Gasteiger partial charge in [0, 0.05) is 23.9 Å². The number of halogens is 3. The largest absolute Gasteiger partial charge is 0.481 e. The van der Waals surface area contributed by atoms with Crippen LogP contribution < -0.4 is 0 Å². The van der Waals surface area contributed by atoms with Gasteiger partial charge in [0.05, 0.1) is 0 Å². The number of carboxylic acids is 1. The van der Waals surface area contributed by atoms with Crippen molar-refractivity contribution in [2.75, 3.05) is 20.6 Å². The van der Waals surface area contributed by atoms with Gasteiger partial charge in [-0.15, -0.1) is 0 Å². The van der Waals surface area contributed by atoms with Crippen molar-refractivity contribution in [1.82, 2.24) is 9.88 Å². The van der Waals surface area contributed by atoms with Gasteiger partial charge in [-0.3, -0.25) is 4.79 Å². The maximum absolute atomic E-state index is 13.5. The van der Waals surface area contributed by atoms with Gasteiger partial charge in [-0.05, 0) is 57.0 Å². The quantitative estimate of drug-likeness (QED) is 0.640. The van der Waals surface area contributed by atoms with Gasteiger partial charge in [-0.2, -0.15) is 13.2 Å². The molecule has 2 rings (SSSR count). The Hall–Kier alpha value is -2.02. The van der Waals surface area contributed by atoms with Crippen LogP contribution in [0.3, 0.4) is 0 Å². The smallest absolute Gasteiger partial charge is 0.431 e. The second-order valence-corrected chi connectivity index (χ2v) is 6.82. The molecule has 1 aromatic heterocycles. The van der Waals surface area contributed by atoms with E-state index in [1.807, 2.05) is 25.1 Å². The van der Waals surface area contributed by atoms with Crippen LogP contribution in [0.25, 0.3) is 10.9 Å². The molecule has 0 unspecified atom stereocenters. The number of aliphatic carboxylic acids is 1. The number of aromatic nitrogens is 1. The molecule has 0 bridgehead atoms. The van der Waals surface area contributed by atoms with Gasteiger partial charge in [-0.1, -0.05) is 18.6 Å². The zero-order chi connectivity index (χ0) is 19.3. The van der Waals surface area contributed by atoms with E-state index in [-0.39, 0.29) is 6.42 Å². The Balaban J connectivity index is 2.29. The summed E-state index contributed by atoms with van der Waals surface area (Å²) in [5, 5.41) is 9.34. The number of carboxylic acid groups (broad SMARTS) is 1. The molecule has 144 valence electrons. The second kappa shape index (κ2) is 8.58. The molecule has 0 atom stereocenters. The van der Waals surface area contributed by atoms with Gasteiger partial charge in [0.25, 0.3) is 0 Å². The number of aromatic amines is 1. The number of unbranched alkanes of at least 4 members (excludes halogenated alkanes) is 2. The topological polar surface area (TPSA) is 56.3 Å². The first-order valence-electron chi connectivity index (χ1n) is 8.76. The van der Waals surface area contributed by atoms with Gasteiger partial charge in [0.15, 0.2) is 0 Å². The van der Waals surface area contributed by atoms with Crippen LogP contribution in [0.4, 0.5) is 13.2 Å². The normalized spacial score (nSPS) is 12.2. The molecule has 1 heterocycles. The number of rotatable bonds is 9. The van der Waals surface area contributed by atoms with Crippen molar-refractivity contribution in [3.63, 3.8) is 0 Å². The number of fused-ring (bicyclic) bond motifs is 1. The maximum Gasteiger partial charge on any atom is 0.431 e. The number of likely N-dealkylation sites (N-methyl/N-ethyl adjacent to an activating group) is 1. The lowest BCUT2D eigenvalue weighted by Gasteiger charge is -2.13. The molecule has 2 N–H and O–H groups in total. The molecule has 1 aromatic carbocycles. The summed E-state index contributed by atoms with van der Waals surface area (Å²) < 4.78 is 40.4. The number of H-pyrrole nitrogens is 1. The number of benzene rings is 1. The van der Waals surface area contributed by atoms with E-state index < -0.39 is 17.8 Å². The van der Waals surface area contributed by atoms with Crippen LogP contribution in [-0.4, -0.2) is 41.6 Å². The fourth-order valence-electron chi connectivity index (χ4n) is 3.20. The second-order valence-electron chi connectivity index (χ2n) is 6.82. The number of hydrogen-bond donors (Lipinski definition) is 2. The summed E-state index contributed by atoms with van der Waals surface area (Å²) >= 11 is 0. The average molecular weight is 370 g/mol. The highest BCUT2D eigenvalue weighted by molar-refractivity contribution is 5.88. The van der Waals surface area contributed by atoms with Crippen LogP contribution in [0.2, 0.25) is 0 Å². The van der Waals surface area contributed by atoms with E-state index in [0.717, 1.165) is 18.4 Å². The zero-order valence-corrected chi connectivity index (χ0v) is 15.1. The molecule has 0 saturated heterocycles. The molecule has 0 spiro atoms. The number of nitrogens with zero attached hydrogens (tertiary/aromatic N) is 1. The highest BCUT2D eigenvalue weighted by Crippen LogP contribution is 2.37. The van der Waals surface area contributed by atoms with Crippen LogP contribution in [0.1, 0.15) is 42.5 Å². The third-order valence-electron chi connectivity index (χ3n) is 4.44. The molecule has 0 aliphatic heterocycles. The Morgan fingerprint density at radius 3 is 2.50 bits per heavy atom. The highest BCUT2D eigenvalue weighted by atomic mass is 19.4. The molecule has 26 heavy (non-hydrogen) atoms. The summed E-state index contributed by atoms with van der Waals surface area (Å²) in [5.41, 5.74) is 1.06. The van der Waals surface area contributed by atoms with Crippen LogP contribution in [-0.2, 0) is 23.8 Å². The fourth-order valence-corrected chi connectivity index (χ4v) is 3.20. The Morgan fingerprint density at radius 1 is 1.15 bits per heavy atom. The minimum absolute atomic E-state index is 0.126. The number of aryl methyl sites for hydroxylation is 1. The molecule has 7 heteroatoms. The Kier molecular flexibility index (Phi) is 6.69. The first kappa shape index (κ1) is 20.3. The number of carbonyl (C=O) groups is 1. The first-order valence-corrected chi connectivity index (χ1v) is 8.76. The predicted octanol–water partition coefficient (Wildman–Crippen LogP) is 4.48. The van der Waals surface area contributed by atoms with Crippen LogP contribution in [0, 0.1) is 0 Å². The lowest BCUT2D eigenvalue weighted by atomic mass is 9.97. The van der Waals surface area contributed by atoms with Crippen molar-refractivity contribution < 1.29 is 23.1 Å². The van der Waals surface area contributed by atoms with E-state index in [1.54, 1.807) is 12.1 Å². The first-order chi connectivity index (χ1) is 12.2. The van der Waals surface area contributed by atoms with Gasteiger partial charge >= 0.3 is 12.1 Å². The predicted molar refractivity (Wildman–Crippen MR) is 95.4 cm³/mol. The van der Waals surface area contributed by atoms with Crippen molar-refractivity contribution >= 4 is 16.9 Å². The fraction of sp³-hybridized carbons (Fsp3) is 0.526. The van der Waals surface area contributed by atoms with Crippen molar-refractivity contribution in [3.05, 3.63) is 35.0 Å². The molecule has 0 saturated carbocycles. The van der Waals surface area contributed by atoms with Gasteiger partial charge in [0.1, 0.15) is 5.69 Å². The van der Waals surface area contributed by atoms with Gasteiger partial charge < -0.3 is 15.0 Å². The van der Waals surface area contributed by atoms with Crippen molar-refractivity contribution in [3.8, 4) is 0 Å². The van der Waals surface area contributed by atoms with Gasteiger partial charge in [-0.25, -0.2) is 0 Å². The molecule has 2 aromatic rings. The summed E-state index contributed by atoms with van der Waals surface area (Å²) in [6, 6.07) is 5.31. The lowest BCUT2D eigenvalue weighted by molar-refractivity contribution is -0.141. The SMILES string of the molecule is CN(C)CCc1c(C(F)(F)F)[nH]c2cccc(CCCCCC(=O)O)c12. The van der Waals surface area contributed by atoms with Crippen molar-refractivity contribution in [2.24, 2.45) is 0 Å². The van der Waals surface area contributed by atoms with Crippen molar-refractivity contribution in [2.45, 2.75) is 44.7 Å². The molecule has 0 aliphatic rings. The van der Waals surface area contributed by atoms with E-state index in [2.05, 4.69) is 4.98 Å². The van der Waals surface area contributed by atoms with E-state index in [1.165, 1.54) is 0 Å². The third-order valence-corrected chi connectivity index (χ3v) is 4.44. The number of alkyl halides is 3. The number of nitrogens with one attached hydrogen (secondary N) is 1. The zero-order valence-electron chi connectivity index (χ0n) is 15.1. The maximum atomic E-state index is 13.5. The standard InChI is InChI=1S/C19H25F3N2O2/c1-24(2)12-11-14-17-13(7-4-3-5-10-16(25)26)8-6-9-15(17)23-18(14)19(20,21)22/h6,8-9,23H,3-5,7,10-12H2,1-2H3,(H,25,26). The lowest BCUT2D eigenvalue weighted by Crippen LogP contribution is -2.17. The minimum atomic E-state index is -4.42. The summed E-state index contributed by atoms with van der Waals surface area (Å²) in [4.78, 5) is 15.0. The molecular weight excluding hydrogens is 345 g/mol. The van der Waals surface area contributed by atoms with Crippen LogP contribution in [0.15, 0.2) is 18.2 Å². The molecule has 0 amide bonds. The summed E-state index contributed by atoms with van der Waals surface area (Å²) in [7, 11) is 3.68. The van der Waals surface area contributed by atoms with E-state index in [9.17, 15) is 18.0 Å². The molecule has 4 nitrogen and oxygen atoms in total. The van der Waals surface area contributed by atoms with E-state index in [4.69, 9.17) is 5.11 Å². The molecule has 0 aliphatic carbocycles. The van der Waals surface area contributed by atoms with Crippen molar-refractivity contribution in [1.29, 1.82) is 0 Å². The molecule has 0 fully saturated rings. The summed E-state index contributed by atoms with van der Waals surface area (Å²) in [5.74, 6) is -0.821. The highest BCUT2D eigenvalue weighted by Gasteiger charge is 2.36. The summed E-state index contributed by atoms with van der Waals surface area (Å²) in [6.45, 7) is 0.531. The Labute approximate surface area is 151 Å². The third kappa shape index (κ3) is 5.24. The minimum Gasteiger partial charge on any atom is -0.481 e. The van der Waals surface area contributed by atoms with Gasteiger partial charge in [0.2, 0.25) is 0 Å². The monoisotopic (exact) mass is 370 g/mol. The average Bonchev–Trinajstić information content (AvgIpc) is 2.92. The molecular formula is C19H25F3N2O2. The summed E-state index contributed by atoms with van der Waals surface area (Å²) in [6.07, 6.45) is -1.25. The van der Waals surface area contributed by atoms with E-state index in [0.29, 0.717) is 42.3 Å². The Bertz CT molecular complexity index is 751. The number of hydrogen-bond acceptors (Lipinski definition) is 2. The molecule has 0 radical (unpaired) electrons. The van der Waals surface area contributed by atoms with Crippen LogP contribution >= 0.6 is 0 Å². The Morgan fingerprint density at radius 2 is 1.88 bits per heavy atom. The van der Waals surface area contributed by atoms with E-state index >= 15 is 0 Å².